The number of hydrogen-bond donors (Lipinski definition) is 3. The van der Waals surface area contributed by atoms with Gasteiger partial charge in [-0.05, 0) is 68.6 Å². The summed E-state index contributed by atoms with van der Waals surface area (Å²) in [5.74, 6) is -0.164. The summed E-state index contributed by atoms with van der Waals surface area (Å²) in [6.45, 7) is 2.15. The molecule has 0 aromatic heterocycles. The molecule has 2 fully saturated rings. The molecule has 1 aromatic carbocycles. The van der Waals surface area contributed by atoms with Crippen molar-refractivity contribution in [1.82, 2.24) is 10.2 Å². The number of likely N-dealkylation sites (tertiary alicyclic amines) is 1. The Morgan fingerprint density at radius 2 is 1.78 bits per heavy atom. The molecule has 1 saturated carbocycles. The van der Waals surface area contributed by atoms with Gasteiger partial charge in [-0.15, -0.1) is 0 Å². The minimum atomic E-state index is -0.969. The van der Waals surface area contributed by atoms with Crippen LogP contribution >= 0.6 is 0 Å². The van der Waals surface area contributed by atoms with Crippen molar-refractivity contribution < 1.29 is 29.0 Å². The minimum Gasteiger partial charge on any atom is -0.493 e. The first kappa shape index (κ1) is 27.8. The number of nitrogens with one attached hydrogen (secondary N) is 1. The second kappa shape index (κ2) is 12.9. The van der Waals surface area contributed by atoms with Crippen molar-refractivity contribution in [1.29, 1.82) is 0 Å². The summed E-state index contributed by atoms with van der Waals surface area (Å²) in [7, 11) is 3.19. The fourth-order valence-electron chi connectivity index (χ4n) is 5.77. The molecule has 0 radical (unpaired) electrons. The topological polar surface area (TPSA) is 131 Å². The highest BCUT2D eigenvalue weighted by Crippen LogP contribution is 2.42. The Hall–Kier alpha value is -2.81. The molecule has 9 heteroatoms. The molecule has 2 aliphatic rings. The van der Waals surface area contributed by atoms with E-state index in [4.69, 9.17) is 15.2 Å². The molecule has 1 aliphatic carbocycles. The van der Waals surface area contributed by atoms with Gasteiger partial charge in [0.25, 0.3) is 0 Å². The van der Waals surface area contributed by atoms with Gasteiger partial charge in [-0.2, -0.15) is 0 Å². The molecule has 36 heavy (non-hydrogen) atoms. The predicted molar refractivity (Wildman–Crippen MR) is 136 cm³/mol. The molecular formula is C27H41N3O6. The van der Waals surface area contributed by atoms with Gasteiger partial charge >= 0.3 is 0 Å². The molecular weight excluding hydrogens is 462 g/mol. The van der Waals surface area contributed by atoms with E-state index in [0.29, 0.717) is 24.5 Å². The van der Waals surface area contributed by atoms with Gasteiger partial charge in [0.05, 0.1) is 20.1 Å². The van der Waals surface area contributed by atoms with Crippen molar-refractivity contribution in [3.05, 3.63) is 23.3 Å². The first-order valence-electron chi connectivity index (χ1n) is 13.1. The Morgan fingerprint density at radius 1 is 1.08 bits per heavy atom. The first-order valence-corrected chi connectivity index (χ1v) is 13.1. The third kappa shape index (κ3) is 6.30. The van der Waals surface area contributed by atoms with E-state index in [2.05, 4.69) is 5.32 Å². The van der Waals surface area contributed by atoms with Gasteiger partial charge in [-0.1, -0.05) is 25.3 Å². The third-order valence-corrected chi connectivity index (χ3v) is 7.60. The fourth-order valence-corrected chi connectivity index (χ4v) is 5.77. The van der Waals surface area contributed by atoms with E-state index in [0.717, 1.165) is 56.1 Å². The van der Waals surface area contributed by atoms with Crippen molar-refractivity contribution >= 4 is 17.7 Å². The van der Waals surface area contributed by atoms with E-state index in [1.807, 2.05) is 19.1 Å². The molecule has 1 saturated heterocycles. The van der Waals surface area contributed by atoms with Crippen LogP contribution in [0.1, 0.15) is 74.8 Å². The summed E-state index contributed by atoms with van der Waals surface area (Å²) >= 11 is 0. The number of rotatable bonds is 10. The highest BCUT2D eigenvalue weighted by Gasteiger charge is 2.40. The lowest BCUT2D eigenvalue weighted by Gasteiger charge is -2.40. The van der Waals surface area contributed by atoms with Crippen molar-refractivity contribution in [3.8, 4) is 11.5 Å². The maximum atomic E-state index is 14.3. The smallest absolute Gasteiger partial charge is 0.243 e. The number of hydrogen-bond acceptors (Lipinski definition) is 6. The SMILES string of the molecule is COc1cc([C@@H](C(=O)N2CCCC[C@H]2C(=O)N[C@H](CCO)C(N)=O)C2CCCCC2)cc(C)c1OC. The molecule has 1 aliphatic heterocycles. The van der Waals surface area contributed by atoms with Crippen LogP contribution < -0.4 is 20.5 Å². The molecule has 1 heterocycles. The van der Waals surface area contributed by atoms with Gasteiger partial charge in [0.15, 0.2) is 11.5 Å². The lowest BCUT2D eigenvalue weighted by molar-refractivity contribution is -0.145. The van der Waals surface area contributed by atoms with Gasteiger partial charge in [-0.3, -0.25) is 14.4 Å². The number of carbonyl (C=O) groups is 3. The Bertz CT molecular complexity index is 930. The lowest BCUT2D eigenvalue weighted by atomic mass is 9.75. The fraction of sp³-hybridized carbons (Fsp3) is 0.667. The molecule has 200 valence electrons. The third-order valence-electron chi connectivity index (χ3n) is 7.60. The zero-order valence-electron chi connectivity index (χ0n) is 21.8. The molecule has 9 nitrogen and oxygen atoms in total. The van der Waals surface area contributed by atoms with Gasteiger partial charge in [0, 0.05) is 13.2 Å². The van der Waals surface area contributed by atoms with Crippen LogP contribution in [0, 0.1) is 12.8 Å². The number of nitrogens with two attached hydrogens (primary N) is 1. The van der Waals surface area contributed by atoms with E-state index in [-0.39, 0.29) is 24.9 Å². The summed E-state index contributed by atoms with van der Waals surface area (Å²) in [5, 5.41) is 11.9. The van der Waals surface area contributed by atoms with Crippen LogP contribution in [-0.4, -0.2) is 67.2 Å². The van der Waals surface area contributed by atoms with Crippen LogP contribution in [0.5, 0.6) is 11.5 Å². The zero-order valence-corrected chi connectivity index (χ0v) is 21.8. The Labute approximate surface area is 213 Å². The monoisotopic (exact) mass is 503 g/mol. The van der Waals surface area contributed by atoms with Crippen LogP contribution in [0.25, 0.3) is 0 Å². The molecule has 0 unspecified atom stereocenters. The number of ether oxygens (including phenoxy) is 2. The molecule has 3 atom stereocenters. The number of benzene rings is 1. The van der Waals surface area contributed by atoms with Gasteiger partial charge in [-0.25, -0.2) is 0 Å². The largest absolute Gasteiger partial charge is 0.493 e. The van der Waals surface area contributed by atoms with E-state index < -0.39 is 29.8 Å². The maximum Gasteiger partial charge on any atom is 0.243 e. The first-order chi connectivity index (χ1) is 17.3. The average molecular weight is 504 g/mol. The molecule has 1 aromatic rings. The van der Waals surface area contributed by atoms with Crippen LogP contribution in [0.15, 0.2) is 12.1 Å². The summed E-state index contributed by atoms with van der Waals surface area (Å²) in [6.07, 6.45) is 7.40. The summed E-state index contributed by atoms with van der Waals surface area (Å²) in [6, 6.07) is 2.25. The van der Waals surface area contributed by atoms with E-state index in [1.54, 1.807) is 19.1 Å². The number of aryl methyl sites for hydroxylation is 1. The molecule has 3 rings (SSSR count). The van der Waals surface area contributed by atoms with Gasteiger partial charge in [0.2, 0.25) is 17.7 Å². The molecule has 3 amide bonds. The van der Waals surface area contributed by atoms with E-state index >= 15 is 0 Å². The van der Waals surface area contributed by atoms with Crippen LogP contribution in [0.4, 0.5) is 0 Å². The van der Waals surface area contributed by atoms with Gasteiger partial charge < -0.3 is 30.5 Å². The second-order valence-corrected chi connectivity index (χ2v) is 9.97. The summed E-state index contributed by atoms with van der Waals surface area (Å²) in [4.78, 5) is 41.0. The molecule has 0 spiro atoms. The number of aliphatic hydroxyl groups is 1. The van der Waals surface area contributed by atoms with Crippen molar-refractivity contribution in [2.45, 2.75) is 82.7 Å². The molecule has 4 N–H and O–H groups in total. The van der Waals surface area contributed by atoms with E-state index in [9.17, 15) is 19.5 Å². The highest BCUT2D eigenvalue weighted by molar-refractivity contribution is 5.93. The number of aliphatic hydroxyl groups excluding tert-OH is 1. The number of amides is 3. The van der Waals surface area contributed by atoms with Gasteiger partial charge in [0.1, 0.15) is 12.1 Å². The zero-order chi connectivity index (χ0) is 26.2. The summed E-state index contributed by atoms with van der Waals surface area (Å²) < 4.78 is 11.1. The minimum absolute atomic E-state index is 0.0390. The van der Waals surface area contributed by atoms with Crippen molar-refractivity contribution in [2.24, 2.45) is 11.7 Å². The Balaban J connectivity index is 1.95. The standard InChI is InChI=1S/C27H41N3O6/c1-17-15-19(16-22(35-2)24(17)36-3)23(18-9-5-4-6-10-18)27(34)30-13-8-7-11-21(30)26(33)29-20(12-14-31)25(28)32/h15-16,18,20-21,23,31H,4-14H2,1-3H3,(H2,28,32)(H,29,33)/t20-,21+,23+/m1/s1. The van der Waals surface area contributed by atoms with Crippen LogP contribution in [0.3, 0.4) is 0 Å². The highest BCUT2D eigenvalue weighted by atomic mass is 16.5. The average Bonchev–Trinajstić information content (AvgIpc) is 2.88. The van der Waals surface area contributed by atoms with Crippen LogP contribution in [-0.2, 0) is 14.4 Å². The van der Waals surface area contributed by atoms with Crippen molar-refractivity contribution in [2.75, 3.05) is 27.4 Å². The number of piperidine rings is 1. The summed E-state index contributed by atoms with van der Waals surface area (Å²) in [5.41, 5.74) is 7.18. The number of nitrogens with zero attached hydrogens (tertiary/aromatic N) is 1. The number of methoxy groups -OCH3 is 2. The van der Waals surface area contributed by atoms with Crippen molar-refractivity contribution in [3.63, 3.8) is 0 Å². The number of carbonyl (C=O) groups excluding carboxylic acids is 3. The Morgan fingerprint density at radius 3 is 2.39 bits per heavy atom. The van der Waals surface area contributed by atoms with Crippen LogP contribution in [0.2, 0.25) is 0 Å². The normalized spacial score (nSPS) is 20.3. The Kier molecular flexibility index (Phi) is 9.98. The second-order valence-electron chi connectivity index (χ2n) is 9.97. The van der Waals surface area contributed by atoms with E-state index in [1.165, 1.54) is 0 Å². The lowest BCUT2D eigenvalue weighted by Crippen LogP contribution is -2.57. The maximum absolute atomic E-state index is 14.3. The predicted octanol–water partition coefficient (Wildman–Crippen LogP) is 2.41. The quantitative estimate of drug-likeness (QED) is 0.449. The molecule has 0 bridgehead atoms. The number of primary amides is 1.